The molecule has 120 valence electrons. The third-order valence-electron chi connectivity index (χ3n) is 2.65. The summed E-state index contributed by atoms with van der Waals surface area (Å²) in [5.41, 5.74) is 5.19. The van der Waals surface area contributed by atoms with E-state index < -0.39 is 5.60 Å². The number of nitrogens with zero attached hydrogens (tertiary/aromatic N) is 2. The van der Waals surface area contributed by atoms with Crippen LogP contribution < -0.4 is 16.4 Å². The van der Waals surface area contributed by atoms with Crippen LogP contribution in [0, 0.1) is 0 Å². The molecule has 1 aromatic heterocycles. The SMILES string of the molecule is CC(C)NC(=O)c1c(N)nsc1NCC(C)(O)CN(C)C. The van der Waals surface area contributed by atoms with Gasteiger partial charge in [0.05, 0.1) is 5.60 Å². The first-order valence-corrected chi connectivity index (χ1v) is 7.56. The molecule has 1 atom stereocenters. The molecule has 1 rings (SSSR count). The van der Waals surface area contributed by atoms with Gasteiger partial charge in [0.1, 0.15) is 10.6 Å². The lowest BCUT2D eigenvalue weighted by molar-refractivity contribution is 0.0460. The first-order chi connectivity index (χ1) is 9.62. The first kappa shape index (κ1) is 17.7. The van der Waals surface area contributed by atoms with E-state index in [1.54, 1.807) is 6.92 Å². The van der Waals surface area contributed by atoms with E-state index in [0.717, 1.165) is 11.5 Å². The largest absolute Gasteiger partial charge is 0.387 e. The average molecular weight is 315 g/mol. The standard InChI is InChI=1S/C13H25N5O2S/c1-8(2)16-11(19)9-10(14)17-21-12(9)15-6-13(3,20)7-18(4)5/h8,15,20H,6-7H2,1-5H3,(H2,14,17)(H,16,19). The summed E-state index contributed by atoms with van der Waals surface area (Å²) in [6, 6.07) is 0.0153. The molecule has 0 spiro atoms. The number of likely N-dealkylation sites (N-methyl/N-ethyl adjacent to an activating group) is 1. The van der Waals surface area contributed by atoms with E-state index in [9.17, 15) is 9.90 Å². The van der Waals surface area contributed by atoms with Gasteiger partial charge in [-0.2, -0.15) is 4.37 Å². The summed E-state index contributed by atoms with van der Waals surface area (Å²) in [6.07, 6.45) is 0. The number of hydrogen-bond acceptors (Lipinski definition) is 7. The molecule has 7 nitrogen and oxygen atoms in total. The van der Waals surface area contributed by atoms with Gasteiger partial charge in [0, 0.05) is 19.1 Å². The third-order valence-corrected chi connectivity index (χ3v) is 3.47. The van der Waals surface area contributed by atoms with E-state index in [4.69, 9.17) is 5.73 Å². The Bertz CT molecular complexity index is 485. The van der Waals surface area contributed by atoms with Crippen molar-refractivity contribution in [3.63, 3.8) is 0 Å². The van der Waals surface area contributed by atoms with Crippen LogP contribution in [0.1, 0.15) is 31.1 Å². The predicted molar refractivity (Wildman–Crippen MR) is 86.8 cm³/mol. The molecule has 1 aromatic rings. The van der Waals surface area contributed by atoms with Gasteiger partial charge in [-0.15, -0.1) is 0 Å². The summed E-state index contributed by atoms with van der Waals surface area (Å²) < 4.78 is 4.01. The van der Waals surface area contributed by atoms with E-state index in [2.05, 4.69) is 15.0 Å². The van der Waals surface area contributed by atoms with Crippen molar-refractivity contribution in [1.29, 1.82) is 0 Å². The molecule has 0 aliphatic carbocycles. The fourth-order valence-electron chi connectivity index (χ4n) is 1.98. The molecule has 0 bridgehead atoms. The van der Waals surface area contributed by atoms with Crippen LogP contribution in [-0.4, -0.2) is 59.1 Å². The maximum absolute atomic E-state index is 12.1. The number of carbonyl (C=O) groups is 1. The highest BCUT2D eigenvalue weighted by molar-refractivity contribution is 7.11. The van der Waals surface area contributed by atoms with Crippen molar-refractivity contribution >= 4 is 28.3 Å². The van der Waals surface area contributed by atoms with Crippen LogP contribution in [0.15, 0.2) is 0 Å². The highest BCUT2D eigenvalue weighted by atomic mass is 32.1. The van der Waals surface area contributed by atoms with Gasteiger partial charge in [0.2, 0.25) is 0 Å². The molecular weight excluding hydrogens is 290 g/mol. The Morgan fingerprint density at radius 2 is 2.14 bits per heavy atom. The molecule has 1 amide bonds. The fraction of sp³-hybridized carbons (Fsp3) is 0.692. The Morgan fingerprint density at radius 3 is 2.67 bits per heavy atom. The molecule has 0 saturated carbocycles. The van der Waals surface area contributed by atoms with Crippen molar-refractivity contribution in [2.45, 2.75) is 32.4 Å². The average Bonchev–Trinajstić information content (AvgIpc) is 2.65. The Balaban J connectivity index is 2.79. The number of anilines is 2. The maximum atomic E-state index is 12.1. The summed E-state index contributed by atoms with van der Waals surface area (Å²) >= 11 is 1.12. The molecule has 0 fully saturated rings. The smallest absolute Gasteiger partial charge is 0.258 e. The van der Waals surface area contributed by atoms with Gasteiger partial charge in [-0.1, -0.05) is 0 Å². The minimum Gasteiger partial charge on any atom is -0.387 e. The van der Waals surface area contributed by atoms with Crippen LogP contribution in [0.3, 0.4) is 0 Å². The molecule has 0 aromatic carbocycles. The van der Waals surface area contributed by atoms with Crippen LogP contribution in [-0.2, 0) is 0 Å². The van der Waals surface area contributed by atoms with Gasteiger partial charge in [-0.25, -0.2) is 0 Å². The molecule has 0 radical (unpaired) electrons. The molecule has 0 saturated heterocycles. The van der Waals surface area contributed by atoms with Crippen molar-refractivity contribution < 1.29 is 9.90 Å². The molecule has 0 aliphatic heterocycles. The van der Waals surface area contributed by atoms with Crippen molar-refractivity contribution in [3.8, 4) is 0 Å². The van der Waals surface area contributed by atoms with Crippen molar-refractivity contribution in [2.75, 3.05) is 38.2 Å². The van der Waals surface area contributed by atoms with Crippen LogP contribution in [0.5, 0.6) is 0 Å². The van der Waals surface area contributed by atoms with Gasteiger partial charge in [-0.3, -0.25) is 4.79 Å². The second kappa shape index (κ2) is 7.06. The van der Waals surface area contributed by atoms with Gasteiger partial charge in [0.25, 0.3) is 5.91 Å². The summed E-state index contributed by atoms with van der Waals surface area (Å²) in [6.45, 7) is 6.29. The van der Waals surface area contributed by atoms with E-state index in [1.165, 1.54) is 0 Å². The molecular formula is C13H25N5O2S. The zero-order valence-corrected chi connectivity index (χ0v) is 14.0. The Kier molecular flexibility index (Phi) is 5.94. The summed E-state index contributed by atoms with van der Waals surface area (Å²) in [5.74, 6) is -0.0566. The Labute approximate surface area is 129 Å². The fourth-order valence-corrected chi connectivity index (χ4v) is 2.69. The van der Waals surface area contributed by atoms with Crippen molar-refractivity contribution in [2.24, 2.45) is 0 Å². The molecule has 1 heterocycles. The van der Waals surface area contributed by atoms with Crippen LogP contribution in [0.2, 0.25) is 0 Å². The second-order valence-corrected chi connectivity index (χ2v) is 6.76. The number of aromatic nitrogens is 1. The van der Waals surface area contributed by atoms with Crippen LogP contribution in [0.25, 0.3) is 0 Å². The second-order valence-electron chi connectivity index (χ2n) is 5.99. The Morgan fingerprint density at radius 1 is 1.52 bits per heavy atom. The Hall–Kier alpha value is -1.38. The number of rotatable bonds is 7. The minimum absolute atomic E-state index is 0.0153. The summed E-state index contributed by atoms with van der Waals surface area (Å²) in [4.78, 5) is 14.0. The van der Waals surface area contributed by atoms with Gasteiger partial charge < -0.3 is 26.4 Å². The lowest BCUT2D eigenvalue weighted by atomic mass is 10.1. The molecule has 8 heteroatoms. The van der Waals surface area contributed by atoms with Gasteiger partial charge in [0.15, 0.2) is 5.82 Å². The number of nitrogens with one attached hydrogen (secondary N) is 2. The molecule has 0 aliphatic rings. The number of aliphatic hydroxyl groups is 1. The number of carbonyl (C=O) groups excluding carboxylic acids is 1. The topological polar surface area (TPSA) is 104 Å². The van der Waals surface area contributed by atoms with Crippen LogP contribution in [0.4, 0.5) is 10.8 Å². The highest BCUT2D eigenvalue weighted by Crippen LogP contribution is 2.27. The summed E-state index contributed by atoms with van der Waals surface area (Å²) in [5, 5.41) is 16.7. The quantitative estimate of drug-likeness (QED) is 0.587. The number of nitrogen functional groups attached to an aromatic ring is 1. The van der Waals surface area contributed by atoms with E-state index in [-0.39, 0.29) is 17.8 Å². The zero-order chi connectivity index (χ0) is 16.2. The number of hydrogen-bond donors (Lipinski definition) is 4. The molecule has 1 unspecified atom stereocenters. The van der Waals surface area contributed by atoms with Crippen molar-refractivity contribution in [3.05, 3.63) is 5.56 Å². The lowest BCUT2D eigenvalue weighted by Crippen LogP contribution is -2.43. The molecule has 21 heavy (non-hydrogen) atoms. The van der Waals surface area contributed by atoms with E-state index in [1.807, 2.05) is 32.8 Å². The third kappa shape index (κ3) is 5.49. The maximum Gasteiger partial charge on any atom is 0.258 e. The zero-order valence-electron chi connectivity index (χ0n) is 13.2. The first-order valence-electron chi connectivity index (χ1n) is 6.79. The van der Waals surface area contributed by atoms with E-state index in [0.29, 0.717) is 23.7 Å². The van der Waals surface area contributed by atoms with Crippen LogP contribution >= 0.6 is 11.5 Å². The van der Waals surface area contributed by atoms with E-state index >= 15 is 0 Å². The highest BCUT2D eigenvalue weighted by Gasteiger charge is 2.24. The predicted octanol–water partition coefficient (Wildman–Crippen LogP) is 0.588. The van der Waals surface area contributed by atoms with Crippen molar-refractivity contribution in [1.82, 2.24) is 14.6 Å². The lowest BCUT2D eigenvalue weighted by Gasteiger charge is -2.27. The van der Waals surface area contributed by atoms with Gasteiger partial charge in [-0.05, 0) is 46.4 Å². The van der Waals surface area contributed by atoms with Gasteiger partial charge >= 0.3 is 0 Å². The number of amides is 1. The molecule has 5 N–H and O–H groups in total. The normalized spacial score (nSPS) is 14.3. The summed E-state index contributed by atoms with van der Waals surface area (Å²) in [7, 11) is 3.78. The number of nitrogens with two attached hydrogens (primary N) is 1. The minimum atomic E-state index is -0.923. The monoisotopic (exact) mass is 315 g/mol.